The molecule has 1 N–H and O–H groups in total. The van der Waals surface area contributed by atoms with Crippen molar-refractivity contribution in [3.8, 4) is 5.75 Å². The van der Waals surface area contributed by atoms with Crippen molar-refractivity contribution < 1.29 is 22.7 Å². The van der Waals surface area contributed by atoms with Gasteiger partial charge in [-0.2, -0.15) is 0 Å². The summed E-state index contributed by atoms with van der Waals surface area (Å²) in [5.41, 5.74) is 1.68. The fourth-order valence-electron chi connectivity index (χ4n) is 4.50. The molecule has 7 nitrogen and oxygen atoms in total. The van der Waals surface area contributed by atoms with Crippen LogP contribution in [0.4, 0.5) is 5.69 Å². The predicted molar refractivity (Wildman–Crippen MR) is 121 cm³/mol. The number of anilines is 1. The number of hydrogen-bond donors (Lipinski definition) is 1. The van der Waals surface area contributed by atoms with Crippen LogP contribution in [0.2, 0.25) is 5.02 Å². The van der Waals surface area contributed by atoms with E-state index in [9.17, 15) is 18.0 Å². The van der Waals surface area contributed by atoms with Crippen molar-refractivity contribution in [2.75, 3.05) is 11.8 Å². The molecule has 0 radical (unpaired) electrons. The molecule has 0 bridgehead atoms. The summed E-state index contributed by atoms with van der Waals surface area (Å²) in [5.74, 6) is -0.669. The zero-order chi connectivity index (χ0) is 23.0. The van der Waals surface area contributed by atoms with Gasteiger partial charge in [0.2, 0.25) is 11.8 Å². The van der Waals surface area contributed by atoms with Crippen molar-refractivity contribution in [2.24, 2.45) is 11.8 Å². The lowest BCUT2D eigenvalue weighted by Crippen LogP contribution is -2.30. The van der Waals surface area contributed by atoms with Gasteiger partial charge in [-0.1, -0.05) is 36.6 Å². The Morgan fingerprint density at radius 3 is 2.31 bits per heavy atom. The number of fused-ring (bicyclic) bond motifs is 1. The number of imide groups is 1. The summed E-state index contributed by atoms with van der Waals surface area (Å²) in [6.07, 6.45) is 3.36. The molecule has 1 aliphatic carbocycles. The second-order valence-corrected chi connectivity index (χ2v) is 10.4. The fraction of sp³-hybridized carbons (Fsp3) is 0.391. The Bertz CT molecular complexity index is 1160. The molecule has 9 heteroatoms. The summed E-state index contributed by atoms with van der Waals surface area (Å²) in [6, 6.07) is 9.64. The van der Waals surface area contributed by atoms with Crippen molar-refractivity contribution >= 4 is 39.1 Å². The molecular formula is C23H25ClN2O5S. The molecule has 1 heterocycles. The van der Waals surface area contributed by atoms with E-state index in [-0.39, 0.29) is 51.5 Å². The fourth-order valence-corrected chi connectivity index (χ4v) is 6.14. The Morgan fingerprint density at radius 2 is 1.72 bits per heavy atom. The van der Waals surface area contributed by atoms with Gasteiger partial charge in [-0.05, 0) is 55.2 Å². The lowest BCUT2D eigenvalue weighted by Gasteiger charge is -2.19. The Balaban J connectivity index is 1.63. The lowest BCUT2D eigenvalue weighted by atomic mass is 9.81. The van der Waals surface area contributed by atoms with Gasteiger partial charge in [-0.25, -0.2) is 8.42 Å². The number of ether oxygens (including phenoxy) is 1. The van der Waals surface area contributed by atoms with E-state index in [0.29, 0.717) is 5.56 Å². The molecule has 2 atom stereocenters. The summed E-state index contributed by atoms with van der Waals surface area (Å²) in [4.78, 5) is 26.8. The van der Waals surface area contributed by atoms with Gasteiger partial charge in [0.15, 0.2) is 0 Å². The van der Waals surface area contributed by atoms with Crippen molar-refractivity contribution in [2.45, 2.75) is 44.0 Å². The highest BCUT2D eigenvalue weighted by Crippen LogP contribution is 2.39. The number of carbonyl (C=O) groups excluding carboxylic acids is 2. The quantitative estimate of drug-likeness (QED) is 0.632. The Labute approximate surface area is 192 Å². The zero-order valence-corrected chi connectivity index (χ0v) is 19.5. The highest BCUT2D eigenvalue weighted by Gasteiger charge is 2.47. The van der Waals surface area contributed by atoms with Crippen LogP contribution in [0.25, 0.3) is 0 Å². The van der Waals surface area contributed by atoms with Crippen molar-refractivity contribution in [3.63, 3.8) is 0 Å². The number of rotatable bonds is 6. The van der Waals surface area contributed by atoms with Gasteiger partial charge in [0.25, 0.3) is 10.0 Å². The number of methoxy groups -OCH3 is 1. The maximum absolute atomic E-state index is 13.1. The number of halogens is 1. The van der Waals surface area contributed by atoms with Crippen LogP contribution in [0.3, 0.4) is 0 Å². The van der Waals surface area contributed by atoms with Crippen LogP contribution in [0.15, 0.2) is 41.3 Å². The normalized spacial score (nSPS) is 20.9. The minimum Gasteiger partial charge on any atom is -0.495 e. The van der Waals surface area contributed by atoms with Gasteiger partial charge in [0, 0.05) is 0 Å². The topological polar surface area (TPSA) is 92.8 Å². The number of amides is 2. The number of hydrogen-bond acceptors (Lipinski definition) is 5. The largest absolute Gasteiger partial charge is 0.495 e. The highest BCUT2D eigenvalue weighted by atomic mass is 35.5. The standard InChI is InChI=1S/C23H25ClN2O5S/c1-14-7-9-19(18(24)11-14)25-32(29,30)21-12-15(8-10-20(21)31-2)13-26-22(27)16-5-3-4-6-17(16)23(26)28/h7-12,16-17,25H,3-6,13H2,1-2H3/t16-,17-/m0/s1. The monoisotopic (exact) mass is 476 g/mol. The lowest BCUT2D eigenvalue weighted by molar-refractivity contribution is -0.140. The maximum Gasteiger partial charge on any atom is 0.265 e. The number of nitrogens with zero attached hydrogens (tertiary/aromatic N) is 1. The van der Waals surface area contributed by atoms with Crippen LogP contribution >= 0.6 is 11.6 Å². The Kier molecular flexibility index (Phi) is 6.18. The predicted octanol–water partition coefficient (Wildman–Crippen LogP) is 4.13. The molecule has 32 heavy (non-hydrogen) atoms. The molecule has 2 aromatic carbocycles. The molecule has 0 spiro atoms. The highest BCUT2D eigenvalue weighted by molar-refractivity contribution is 7.92. The minimum atomic E-state index is -4.04. The van der Waals surface area contributed by atoms with Gasteiger partial charge < -0.3 is 4.74 Å². The van der Waals surface area contributed by atoms with Gasteiger partial charge >= 0.3 is 0 Å². The third-order valence-electron chi connectivity index (χ3n) is 6.16. The first-order valence-electron chi connectivity index (χ1n) is 10.5. The summed E-state index contributed by atoms with van der Waals surface area (Å²) in [5, 5.41) is 0.277. The third kappa shape index (κ3) is 4.21. The van der Waals surface area contributed by atoms with E-state index in [1.165, 1.54) is 24.1 Å². The van der Waals surface area contributed by atoms with Gasteiger partial charge in [0.1, 0.15) is 10.6 Å². The van der Waals surface area contributed by atoms with E-state index in [4.69, 9.17) is 16.3 Å². The molecule has 0 unspecified atom stereocenters. The molecular weight excluding hydrogens is 452 g/mol. The van der Waals surface area contributed by atoms with Crippen LogP contribution in [0, 0.1) is 18.8 Å². The van der Waals surface area contributed by atoms with Gasteiger partial charge in [-0.3, -0.25) is 19.2 Å². The molecule has 170 valence electrons. The van der Waals surface area contributed by atoms with E-state index < -0.39 is 10.0 Å². The van der Waals surface area contributed by atoms with Crippen molar-refractivity contribution in [3.05, 3.63) is 52.5 Å². The molecule has 0 aromatic heterocycles. The smallest absolute Gasteiger partial charge is 0.265 e. The van der Waals surface area contributed by atoms with Crippen LogP contribution < -0.4 is 9.46 Å². The molecule has 2 fully saturated rings. The second-order valence-electron chi connectivity index (χ2n) is 8.33. The summed E-state index contributed by atoms with van der Waals surface area (Å²) < 4.78 is 34.0. The molecule has 2 amide bonds. The minimum absolute atomic E-state index is 0.0302. The number of aryl methyl sites for hydroxylation is 1. The molecule has 1 saturated carbocycles. The van der Waals surface area contributed by atoms with Crippen LogP contribution in [0.1, 0.15) is 36.8 Å². The van der Waals surface area contributed by atoms with E-state index in [1.807, 2.05) is 6.92 Å². The Morgan fingerprint density at radius 1 is 1.06 bits per heavy atom. The van der Waals surface area contributed by atoms with Gasteiger partial charge in [0.05, 0.1) is 36.2 Å². The summed E-state index contributed by atoms with van der Waals surface area (Å²) in [6.45, 7) is 1.89. The van der Waals surface area contributed by atoms with Crippen molar-refractivity contribution in [1.82, 2.24) is 4.90 Å². The first-order chi connectivity index (χ1) is 15.2. The number of sulfonamides is 1. The molecule has 2 aliphatic rings. The molecule has 4 rings (SSSR count). The van der Waals surface area contributed by atoms with E-state index in [2.05, 4.69) is 4.72 Å². The van der Waals surface area contributed by atoms with E-state index in [1.54, 1.807) is 24.3 Å². The van der Waals surface area contributed by atoms with E-state index in [0.717, 1.165) is 31.2 Å². The third-order valence-corrected chi connectivity index (χ3v) is 7.86. The SMILES string of the molecule is COc1ccc(CN2C(=O)[C@H]3CCCC[C@@H]3C2=O)cc1S(=O)(=O)Nc1ccc(C)cc1Cl. The van der Waals surface area contributed by atoms with Crippen LogP contribution in [0.5, 0.6) is 5.75 Å². The molecule has 2 aromatic rings. The zero-order valence-electron chi connectivity index (χ0n) is 17.9. The number of carbonyl (C=O) groups is 2. The number of benzene rings is 2. The average molecular weight is 477 g/mol. The van der Waals surface area contributed by atoms with Crippen LogP contribution in [-0.4, -0.2) is 32.2 Å². The number of likely N-dealkylation sites (tertiary alicyclic amines) is 1. The summed E-state index contributed by atoms with van der Waals surface area (Å²) in [7, 11) is -2.66. The summed E-state index contributed by atoms with van der Waals surface area (Å²) >= 11 is 6.19. The van der Waals surface area contributed by atoms with Crippen molar-refractivity contribution in [1.29, 1.82) is 0 Å². The van der Waals surface area contributed by atoms with E-state index >= 15 is 0 Å². The van der Waals surface area contributed by atoms with Gasteiger partial charge in [-0.15, -0.1) is 0 Å². The maximum atomic E-state index is 13.1. The number of nitrogens with one attached hydrogen (secondary N) is 1. The first kappa shape index (κ1) is 22.6. The first-order valence-corrected chi connectivity index (χ1v) is 12.4. The van der Waals surface area contributed by atoms with Crippen LogP contribution in [-0.2, 0) is 26.2 Å². The molecule has 1 saturated heterocycles. The molecule has 1 aliphatic heterocycles. The second kappa shape index (κ2) is 8.75. The average Bonchev–Trinajstić information content (AvgIpc) is 3.01. The Hall–Kier alpha value is -2.58.